The van der Waals surface area contributed by atoms with E-state index in [1.54, 1.807) is 0 Å². The summed E-state index contributed by atoms with van der Waals surface area (Å²) in [5.41, 5.74) is -1.33. The van der Waals surface area contributed by atoms with E-state index < -0.39 is 50.5 Å². The monoisotopic (exact) mass is 394 g/mol. The predicted molar refractivity (Wildman–Crippen MR) is 83.6 cm³/mol. The lowest BCUT2D eigenvalue weighted by Gasteiger charge is -2.22. The molecule has 1 amide bonds. The number of hydrogen-bond acceptors (Lipinski definition) is 4. The summed E-state index contributed by atoms with van der Waals surface area (Å²) in [5, 5.41) is 8.94. The van der Waals surface area contributed by atoms with Gasteiger partial charge in [-0.1, -0.05) is 12.1 Å². The van der Waals surface area contributed by atoms with Crippen LogP contribution in [-0.2, 0) is 25.8 Å². The quantitative estimate of drug-likeness (QED) is 0.784. The van der Waals surface area contributed by atoms with Gasteiger partial charge in [0, 0.05) is 13.1 Å². The van der Waals surface area contributed by atoms with Crippen molar-refractivity contribution in [3.63, 3.8) is 0 Å². The molecule has 1 fully saturated rings. The molecule has 144 valence electrons. The SMILES string of the molecule is CC(NS(=O)(=O)c1ccccc1C(F)(F)F)C(=O)N1CCC(C(=O)O)C1. The fourth-order valence-electron chi connectivity index (χ4n) is 2.72. The first kappa shape index (κ1) is 20.2. The van der Waals surface area contributed by atoms with Gasteiger partial charge in [0.2, 0.25) is 15.9 Å². The molecule has 11 heteroatoms. The summed E-state index contributed by atoms with van der Waals surface area (Å²) in [5.74, 6) is -2.50. The third kappa shape index (κ3) is 4.33. The summed E-state index contributed by atoms with van der Waals surface area (Å²) in [6.07, 6.45) is -4.64. The number of aliphatic carboxylic acids is 1. The van der Waals surface area contributed by atoms with Crippen molar-refractivity contribution in [3.05, 3.63) is 29.8 Å². The van der Waals surface area contributed by atoms with Gasteiger partial charge in [-0.2, -0.15) is 17.9 Å². The molecule has 1 aliphatic heterocycles. The Hall–Kier alpha value is -2.14. The van der Waals surface area contributed by atoms with Gasteiger partial charge in [0.15, 0.2) is 0 Å². The Kier molecular flexibility index (Phi) is 5.61. The number of nitrogens with zero attached hydrogens (tertiary/aromatic N) is 1. The largest absolute Gasteiger partial charge is 0.481 e. The van der Waals surface area contributed by atoms with Crippen LogP contribution in [0.2, 0.25) is 0 Å². The average molecular weight is 394 g/mol. The molecule has 0 spiro atoms. The second-order valence-electron chi connectivity index (χ2n) is 5.94. The fourth-order valence-corrected chi connectivity index (χ4v) is 4.14. The van der Waals surface area contributed by atoms with E-state index in [1.807, 2.05) is 4.72 Å². The highest BCUT2D eigenvalue weighted by Crippen LogP contribution is 2.34. The summed E-state index contributed by atoms with van der Waals surface area (Å²) in [6.45, 7) is 1.27. The zero-order valence-corrected chi connectivity index (χ0v) is 14.5. The normalized spacial score (nSPS) is 19.4. The minimum absolute atomic E-state index is 0.0701. The van der Waals surface area contributed by atoms with Crippen LogP contribution in [0.15, 0.2) is 29.2 Å². The predicted octanol–water partition coefficient (Wildman–Crippen LogP) is 1.31. The molecule has 1 aromatic carbocycles. The molecule has 1 aliphatic rings. The molecule has 1 aromatic rings. The number of nitrogens with one attached hydrogen (secondary N) is 1. The van der Waals surface area contributed by atoms with Gasteiger partial charge in [0.05, 0.1) is 22.4 Å². The molecule has 0 bridgehead atoms. The molecule has 0 aliphatic carbocycles. The van der Waals surface area contributed by atoms with Gasteiger partial charge in [-0.25, -0.2) is 8.42 Å². The Bertz CT molecular complexity index is 810. The van der Waals surface area contributed by atoms with E-state index in [9.17, 15) is 31.2 Å². The topological polar surface area (TPSA) is 104 Å². The molecule has 2 N–H and O–H groups in total. The number of likely N-dealkylation sites (tertiary alicyclic amines) is 1. The third-order valence-corrected chi connectivity index (χ3v) is 5.63. The molecular weight excluding hydrogens is 377 g/mol. The van der Waals surface area contributed by atoms with Crippen LogP contribution >= 0.6 is 0 Å². The first-order valence-corrected chi connectivity index (χ1v) is 9.12. The van der Waals surface area contributed by atoms with E-state index >= 15 is 0 Å². The summed E-state index contributed by atoms with van der Waals surface area (Å²) < 4.78 is 65.6. The Morgan fingerprint density at radius 2 is 1.92 bits per heavy atom. The van der Waals surface area contributed by atoms with E-state index in [-0.39, 0.29) is 19.5 Å². The Morgan fingerprint density at radius 3 is 2.46 bits per heavy atom. The first-order chi connectivity index (χ1) is 11.9. The lowest BCUT2D eigenvalue weighted by Crippen LogP contribution is -2.46. The number of carbonyl (C=O) groups excluding carboxylic acids is 1. The summed E-state index contributed by atoms with van der Waals surface area (Å²) in [7, 11) is -4.61. The highest BCUT2D eigenvalue weighted by Gasteiger charge is 2.38. The number of alkyl halides is 3. The van der Waals surface area contributed by atoms with E-state index in [2.05, 4.69) is 0 Å². The molecule has 0 saturated carbocycles. The maximum absolute atomic E-state index is 13.0. The second kappa shape index (κ2) is 7.23. The zero-order chi connectivity index (χ0) is 19.7. The summed E-state index contributed by atoms with van der Waals surface area (Å²) in [4.78, 5) is 23.4. The molecule has 0 radical (unpaired) electrons. The van der Waals surface area contributed by atoms with Gasteiger partial charge in [-0.3, -0.25) is 9.59 Å². The molecule has 7 nitrogen and oxygen atoms in total. The van der Waals surface area contributed by atoms with Crippen molar-refractivity contribution in [3.8, 4) is 0 Å². The highest BCUT2D eigenvalue weighted by atomic mass is 32.2. The maximum atomic E-state index is 13.0. The van der Waals surface area contributed by atoms with Crippen LogP contribution in [0.4, 0.5) is 13.2 Å². The molecule has 26 heavy (non-hydrogen) atoms. The summed E-state index contributed by atoms with van der Waals surface area (Å²) >= 11 is 0. The first-order valence-electron chi connectivity index (χ1n) is 7.63. The van der Waals surface area contributed by atoms with E-state index in [0.29, 0.717) is 6.07 Å². The van der Waals surface area contributed by atoms with Crippen molar-refractivity contribution >= 4 is 21.9 Å². The van der Waals surface area contributed by atoms with Crippen LogP contribution in [-0.4, -0.2) is 49.4 Å². The molecular formula is C15H17F3N2O5S. The number of carboxylic acids is 1. The van der Waals surface area contributed by atoms with Crippen LogP contribution in [0.25, 0.3) is 0 Å². The van der Waals surface area contributed by atoms with E-state index in [4.69, 9.17) is 5.11 Å². The highest BCUT2D eigenvalue weighted by molar-refractivity contribution is 7.89. The standard InChI is InChI=1S/C15H17F3N2O5S/c1-9(13(21)20-7-6-10(8-20)14(22)23)19-26(24,25)12-5-3-2-4-11(12)15(16,17)18/h2-5,9-10,19H,6-8H2,1H3,(H,22,23). The van der Waals surface area contributed by atoms with Crippen LogP contribution in [0, 0.1) is 5.92 Å². The number of sulfonamides is 1. The molecule has 2 atom stereocenters. The minimum atomic E-state index is -4.87. The number of carbonyl (C=O) groups is 2. The van der Waals surface area contributed by atoms with E-state index in [0.717, 1.165) is 18.2 Å². The van der Waals surface area contributed by atoms with E-state index in [1.165, 1.54) is 11.8 Å². The molecule has 2 rings (SSSR count). The minimum Gasteiger partial charge on any atom is -0.481 e. The maximum Gasteiger partial charge on any atom is 0.417 e. The Balaban J connectivity index is 2.17. The lowest BCUT2D eigenvalue weighted by molar-refractivity contribution is -0.142. The van der Waals surface area contributed by atoms with Crippen molar-refractivity contribution in [1.82, 2.24) is 9.62 Å². The van der Waals surface area contributed by atoms with Gasteiger partial charge in [-0.15, -0.1) is 0 Å². The zero-order valence-electron chi connectivity index (χ0n) is 13.7. The molecule has 0 aromatic heterocycles. The van der Waals surface area contributed by atoms with Gasteiger partial charge >= 0.3 is 12.1 Å². The van der Waals surface area contributed by atoms with Crippen LogP contribution in [0.3, 0.4) is 0 Å². The summed E-state index contributed by atoms with van der Waals surface area (Å²) in [6, 6.07) is 2.31. The smallest absolute Gasteiger partial charge is 0.417 e. The van der Waals surface area contributed by atoms with Crippen LogP contribution in [0.1, 0.15) is 18.9 Å². The Labute approximate surface area is 147 Å². The van der Waals surface area contributed by atoms with Crippen molar-refractivity contribution < 1.29 is 36.3 Å². The van der Waals surface area contributed by atoms with Crippen molar-refractivity contribution in [2.75, 3.05) is 13.1 Å². The van der Waals surface area contributed by atoms with Gasteiger partial charge in [0.25, 0.3) is 0 Å². The van der Waals surface area contributed by atoms with Gasteiger partial charge < -0.3 is 10.0 Å². The number of hydrogen-bond donors (Lipinski definition) is 2. The second-order valence-corrected chi connectivity index (χ2v) is 7.63. The fraction of sp³-hybridized carbons (Fsp3) is 0.467. The van der Waals surface area contributed by atoms with Gasteiger partial charge in [0.1, 0.15) is 0 Å². The van der Waals surface area contributed by atoms with Crippen molar-refractivity contribution in [1.29, 1.82) is 0 Å². The number of amides is 1. The van der Waals surface area contributed by atoms with Crippen molar-refractivity contribution in [2.45, 2.75) is 30.5 Å². The van der Waals surface area contributed by atoms with Crippen molar-refractivity contribution in [2.24, 2.45) is 5.92 Å². The van der Waals surface area contributed by atoms with Crippen LogP contribution < -0.4 is 4.72 Å². The number of halogens is 3. The van der Waals surface area contributed by atoms with Crippen LogP contribution in [0.5, 0.6) is 0 Å². The Morgan fingerprint density at radius 1 is 1.31 bits per heavy atom. The molecule has 2 unspecified atom stereocenters. The van der Waals surface area contributed by atoms with Gasteiger partial charge in [-0.05, 0) is 25.5 Å². The number of rotatable bonds is 5. The molecule has 1 saturated heterocycles. The molecule has 1 heterocycles. The number of carboxylic acid groups (broad SMARTS) is 1. The average Bonchev–Trinajstić information content (AvgIpc) is 3.03. The third-order valence-electron chi connectivity index (χ3n) is 4.03. The lowest BCUT2D eigenvalue weighted by atomic mass is 10.1. The number of benzene rings is 1.